The summed E-state index contributed by atoms with van der Waals surface area (Å²) >= 11 is 12.2. The van der Waals surface area contributed by atoms with Crippen LogP contribution < -0.4 is 0 Å². The number of halogens is 2. The summed E-state index contributed by atoms with van der Waals surface area (Å²) in [4.78, 5) is 17.1. The number of hydrogen-bond acceptors (Lipinski definition) is 3. The molecule has 2 heterocycles. The topological polar surface area (TPSA) is 41.4 Å². The molecule has 1 amide bonds. The van der Waals surface area contributed by atoms with Gasteiger partial charge >= 0.3 is 0 Å². The second kappa shape index (κ2) is 8.21. The molecule has 0 radical (unpaired) electrons. The van der Waals surface area contributed by atoms with Crippen molar-refractivity contribution in [1.29, 1.82) is 0 Å². The molecule has 2 aromatic rings. The summed E-state index contributed by atoms with van der Waals surface area (Å²) in [6.07, 6.45) is 2.42. The highest BCUT2D eigenvalue weighted by molar-refractivity contribution is 6.42. The molecule has 1 saturated heterocycles. The predicted octanol–water partition coefficient (Wildman–Crippen LogP) is 3.89. The molecule has 27 heavy (non-hydrogen) atoms. The number of aromatic nitrogens is 2. The standard InChI is InChI=1S/C20H26Cl2N4O/c1-13-17(12-20(27)25(4)15-7-9-24(3)10-8-15)14(2)26(23-13)16-5-6-18(21)19(22)11-16/h5-6,11,15H,7-10,12H2,1-4H3. The third-order valence-electron chi connectivity index (χ3n) is 5.55. The number of piperidine rings is 1. The minimum absolute atomic E-state index is 0.143. The maximum Gasteiger partial charge on any atom is 0.227 e. The third-order valence-corrected chi connectivity index (χ3v) is 6.29. The van der Waals surface area contributed by atoms with Gasteiger partial charge in [0.25, 0.3) is 0 Å². The van der Waals surface area contributed by atoms with Crippen LogP contribution in [0.3, 0.4) is 0 Å². The largest absolute Gasteiger partial charge is 0.342 e. The van der Waals surface area contributed by atoms with Gasteiger partial charge in [0.05, 0.1) is 27.8 Å². The van der Waals surface area contributed by atoms with Gasteiger partial charge in [-0.1, -0.05) is 23.2 Å². The number of likely N-dealkylation sites (N-methyl/N-ethyl adjacent to an activating group) is 1. The number of amides is 1. The summed E-state index contributed by atoms with van der Waals surface area (Å²) in [7, 11) is 4.05. The number of benzene rings is 1. The van der Waals surface area contributed by atoms with Gasteiger partial charge in [0.2, 0.25) is 5.91 Å². The van der Waals surface area contributed by atoms with Gasteiger partial charge in [-0.05, 0) is 65.0 Å². The van der Waals surface area contributed by atoms with E-state index in [2.05, 4.69) is 17.0 Å². The average Bonchev–Trinajstić information content (AvgIpc) is 2.92. The zero-order chi connectivity index (χ0) is 19.7. The molecule has 7 heteroatoms. The highest BCUT2D eigenvalue weighted by Gasteiger charge is 2.25. The molecule has 0 unspecified atom stereocenters. The maximum absolute atomic E-state index is 12.9. The number of carbonyl (C=O) groups excluding carboxylic acids is 1. The Balaban J connectivity index is 1.78. The fraction of sp³-hybridized carbons (Fsp3) is 0.500. The van der Waals surface area contributed by atoms with E-state index in [9.17, 15) is 4.79 Å². The van der Waals surface area contributed by atoms with Gasteiger partial charge in [-0.15, -0.1) is 0 Å². The molecular formula is C20H26Cl2N4O. The van der Waals surface area contributed by atoms with E-state index in [1.807, 2.05) is 36.5 Å². The number of nitrogens with zero attached hydrogens (tertiary/aromatic N) is 4. The smallest absolute Gasteiger partial charge is 0.227 e. The molecule has 146 valence electrons. The van der Waals surface area contributed by atoms with Crippen molar-refractivity contribution in [3.8, 4) is 5.69 Å². The molecule has 0 spiro atoms. The highest BCUT2D eigenvalue weighted by atomic mass is 35.5. The lowest BCUT2D eigenvalue weighted by molar-refractivity contribution is -0.132. The Hall–Kier alpha value is -1.56. The molecule has 0 atom stereocenters. The molecule has 0 N–H and O–H groups in total. The van der Waals surface area contributed by atoms with Crippen LogP contribution in [0.2, 0.25) is 10.0 Å². The molecule has 1 aliphatic heterocycles. The summed E-state index contributed by atoms with van der Waals surface area (Å²) in [6, 6.07) is 5.75. The van der Waals surface area contributed by atoms with Crippen molar-refractivity contribution < 1.29 is 4.79 Å². The molecule has 1 fully saturated rings. The Kier molecular flexibility index (Phi) is 6.14. The van der Waals surface area contributed by atoms with Gasteiger partial charge in [-0.2, -0.15) is 5.10 Å². The van der Waals surface area contributed by atoms with E-state index in [0.29, 0.717) is 22.5 Å². The second-order valence-electron chi connectivity index (χ2n) is 7.38. The zero-order valence-corrected chi connectivity index (χ0v) is 17.8. The Labute approximate surface area is 170 Å². The Morgan fingerprint density at radius 1 is 1.22 bits per heavy atom. The van der Waals surface area contributed by atoms with Crippen LogP contribution in [-0.2, 0) is 11.2 Å². The van der Waals surface area contributed by atoms with Gasteiger partial charge in [0.1, 0.15) is 0 Å². The molecule has 3 rings (SSSR count). The fourth-order valence-electron chi connectivity index (χ4n) is 3.66. The number of hydrogen-bond donors (Lipinski definition) is 0. The van der Waals surface area contributed by atoms with Crippen LogP contribution in [0.15, 0.2) is 18.2 Å². The van der Waals surface area contributed by atoms with Crippen LogP contribution in [0.5, 0.6) is 0 Å². The molecule has 0 saturated carbocycles. The first-order valence-corrected chi connectivity index (χ1v) is 9.98. The predicted molar refractivity (Wildman–Crippen MR) is 110 cm³/mol. The van der Waals surface area contributed by atoms with Crippen LogP contribution in [0.1, 0.15) is 29.8 Å². The van der Waals surface area contributed by atoms with E-state index in [4.69, 9.17) is 23.2 Å². The molecule has 5 nitrogen and oxygen atoms in total. The van der Waals surface area contributed by atoms with Crippen molar-refractivity contribution in [2.24, 2.45) is 0 Å². The average molecular weight is 409 g/mol. The van der Waals surface area contributed by atoms with Gasteiger partial charge in [-0.3, -0.25) is 4.79 Å². The first kappa shape index (κ1) is 20.2. The van der Waals surface area contributed by atoms with E-state index >= 15 is 0 Å². The number of likely N-dealkylation sites (tertiary alicyclic amines) is 1. The van der Waals surface area contributed by atoms with Crippen molar-refractivity contribution in [2.45, 2.75) is 39.2 Å². The lowest BCUT2D eigenvalue weighted by atomic mass is 10.0. The van der Waals surface area contributed by atoms with Gasteiger partial charge in [-0.25, -0.2) is 4.68 Å². The summed E-state index contributed by atoms with van der Waals surface area (Å²) in [5.74, 6) is 0.143. The maximum atomic E-state index is 12.9. The Bertz CT molecular complexity index is 841. The molecule has 1 aromatic carbocycles. The van der Waals surface area contributed by atoms with E-state index in [1.54, 1.807) is 12.1 Å². The van der Waals surface area contributed by atoms with Gasteiger partial charge in [0.15, 0.2) is 0 Å². The minimum Gasteiger partial charge on any atom is -0.342 e. The summed E-state index contributed by atoms with van der Waals surface area (Å²) in [5.41, 5.74) is 3.64. The minimum atomic E-state index is 0.143. The van der Waals surface area contributed by atoms with Crippen LogP contribution >= 0.6 is 23.2 Å². The van der Waals surface area contributed by atoms with Crippen LogP contribution in [-0.4, -0.2) is 58.7 Å². The van der Waals surface area contributed by atoms with Gasteiger partial charge < -0.3 is 9.80 Å². The number of aryl methyl sites for hydroxylation is 1. The summed E-state index contributed by atoms with van der Waals surface area (Å²) < 4.78 is 1.83. The molecule has 1 aromatic heterocycles. The molecule has 0 aliphatic carbocycles. The first-order chi connectivity index (χ1) is 12.8. The van der Waals surface area contributed by atoms with Crippen molar-refractivity contribution in [1.82, 2.24) is 19.6 Å². The van der Waals surface area contributed by atoms with E-state index in [1.165, 1.54) is 0 Å². The number of rotatable bonds is 4. The highest BCUT2D eigenvalue weighted by Crippen LogP contribution is 2.26. The second-order valence-corrected chi connectivity index (χ2v) is 8.19. The molecular weight excluding hydrogens is 383 g/mol. The normalized spacial score (nSPS) is 15.9. The van der Waals surface area contributed by atoms with Crippen molar-refractivity contribution in [2.75, 3.05) is 27.2 Å². The van der Waals surface area contributed by atoms with Crippen LogP contribution in [0.4, 0.5) is 0 Å². The van der Waals surface area contributed by atoms with Crippen molar-refractivity contribution >= 4 is 29.1 Å². The number of carbonyl (C=O) groups is 1. The molecule has 1 aliphatic rings. The third kappa shape index (κ3) is 4.31. The lowest BCUT2D eigenvalue weighted by Gasteiger charge is -2.35. The van der Waals surface area contributed by atoms with Crippen molar-refractivity contribution in [3.05, 3.63) is 45.2 Å². The van der Waals surface area contributed by atoms with E-state index < -0.39 is 0 Å². The summed E-state index contributed by atoms with van der Waals surface area (Å²) in [5, 5.41) is 5.62. The summed E-state index contributed by atoms with van der Waals surface area (Å²) in [6.45, 7) is 6.01. The van der Waals surface area contributed by atoms with Crippen molar-refractivity contribution in [3.63, 3.8) is 0 Å². The monoisotopic (exact) mass is 408 g/mol. The fourth-order valence-corrected chi connectivity index (χ4v) is 3.95. The lowest BCUT2D eigenvalue weighted by Crippen LogP contribution is -2.45. The first-order valence-electron chi connectivity index (χ1n) is 9.22. The van der Waals surface area contributed by atoms with E-state index in [0.717, 1.165) is 48.6 Å². The Morgan fingerprint density at radius 2 is 1.89 bits per heavy atom. The molecule has 0 bridgehead atoms. The van der Waals surface area contributed by atoms with Crippen LogP contribution in [0, 0.1) is 13.8 Å². The SMILES string of the molecule is Cc1nn(-c2ccc(Cl)c(Cl)c2)c(C)c1CC(=O)N(C)C1CCN(C)CC1. The quantitative estimate of drug-likeness (QED) is 0.770. The Morgan fingerprint density at radius 3 is 2.52 bits per heavy atom. The zero-order valence-electron chi connectivity index (χ0n) is 16.3. The van der Waals surface area contributed by atoms with Crippen LogP contribution in [0.25, 0.3) is 5.69 Å². The van der Waals surface area contributed by atoms with E-state index in [-0.39, 0.29) is 5.91 Å². The van der Waals surface area contributed by atoms with Gasteiger partial charge in [0, 0.05) is 24.3 Å².